The Morgan fingerprint density at radius 3 is 3.08 bits per heavy atom. The van der Waals surface area contributed by atoms with Gasteiger partial charge in [-0.15, -0.1) is 6.58 Å². The SMILES string of the molecule is C=CCCCC(N)c1cnn(C)c1. The molecule has 1 rings (SSSR count). The molecule has 0 radical (unpaired) electrons. The van der Waals surface area contributed by atoms with Gasteiger partial charge in [-0.2, -0.15) is 5.10 Å². The van der Waals surface area contributed by atoms with Crippen molar-refractivity contribution >= 4 is 0 Å². The van der Waals surface area contributed by atoms with Gasteiger partial charge in [0.2, 0.25) is 0 Å². The van der Waals surface area contributed by atoms with Crippen molar-refractivity contribution in [3.63, 3.8) is 0 Å². The van der Waals surface area contributed by atoms with E-state index in [0.29, 0.717) is 0 Å². The molecule has 0 aromatic carbocycles. The number of nitrogens with zero attached hydrogens (tertiary/aromatic N) is 2. The Morgan fingerprint density at radius 1 is 1.77 bits per heavy atom. The molecule has 3 heteroatoms. The molecule has 0 spiro atoms. The van der Waals surface area contributed by atoms with Crippen LogP contribution in [0.5, 0.6) is 0 Å². The molecular weight excluding hydrogens is 162 g/mol. The van der Waals surface area contributed by atoms with Crippen molar-refractivity contribution in [1.82, 2.24) is 9.78 Å². The number of aromatic nitrogens is 2. The van der Waals surface area contributed by atoms with E-state index in [1.54, 1.807) is 4.68 Å². The van der Waals surface area contributed by atoms with Crippen LogP contribution in [0.15, 0.2) is 25.0 Å². The molecule has 1 heterocycles. The van der Waals surface area contributed by atoms with Gasteiger partial charge in [-0.05, 0) is 19.3 Å². The van der Waals surface area contributed by atoms with Crippen LogP contribution in [-0.4, -0.2) is 9.78 Å². The molecule has 1 unspecified atom stereocenters. The molecule has 1 aromatic heterocycles. The highest BCUT2D eigenvalue weighted by Gasteiger charge is 2.06. The highest BCUT2D eigenvalue weighted by atomic mass is 15.2. The first-order valence-corrected chi connectivity index (χ1v) is 4.59. The summed E-state index contributed by atoms with van der Waals surface area (Å²) in [5.41, 5.74) is 7.08. The van der Waals surface area contributed by atoms with Crippen molar-refractivity contribution in [1.29, 1.82) is 0 Å². The number of nitrogens with two attached hydrogens (primary N) is 1. The minimum Gasteiger partial charge on any atom is -0.324 e. The van der Waals surface area contributed by atoms with Crippen LogP contribution < -0.4 is 5.73 Å². The second-order valence-corrected chi connectivity index (χ2v) is 3.27. The van der Waals surface area contributed by atoms with E-state index in [2.05, 4.69) is 11.7 Å². The molecule has 1 aromatic rings. The van der Waals surface area contributed by atoms with Gasteiger partial charge in [0, 0.05) is 24.8 Å². The topological polar surface area (TPSA) is 43.8 Å². The van der Waals surface area contributed by atoms with E-state index in [1.165, 1.54) is 0 Å². The fourth-order valence-electron chi connectivity index (χ4n) is 1.28. The second-order valence-electron chi connectivity index (χ2n) is 3.27. The first-order chi connectivity index (χ1) is 6.24. The van der Waals surface area contributed by atoms with Crippen molar-refractivity contribution < 1.29 is 0 Å². The minimum atomic E-state index is 0.119. The molecule has 0 aliphatic heterocycles. The summed E-state index contributed by atoms with van der Waals surface area (Å²) >= 11 is 0. The van der Waals surface area contributed by atoms with Crippen molar-refractivity contribution in [3.05, 3.63) is 30.6 Å². The standard InChI is InChI=1S/C10H17N3/c1-3-4-5-6-10(11)9-7-12-13(2)8-9/h3,7-8,10H,1,4-6,11H2,2H3. The Hall–Kier alpha value is -1.09. The molecule has 0 bridgehead atoms. The first kappa shape index (κ1) is 9.99. The maximum Gasteiger partial charge on any atom is 0.0537 e. The number of aryl methyl sites for hydroxylation is 1. The maximum atomic E-state index is 5.96. The van der Waals surface area contributed by atoms with Gasteiger partial charge in [0.15, 0.2) is 0 Å². The van der Waals surface area contributed by atoms with Crippen molar-refractivity contribution in [2.45, 2.75) is 25.3 Å². The van der Waals surface area contributed by atoms with E-state index in [1.807, 2.05) is 25.5 Å². The van der Waals surface area contributed by atoms with Crippen molar-refractivity contribution in [2.75, 3.05) is 0 Å². The Balaban J connectivity index is 2.39. The largest absolute Gasteiger partial charge is 0.324 e. The average Bonchev–Trinajstić information content (AvgIpc) is 2.52. The van der Waals surface area contributed by atoms with Gasteiger partial charge in [0.25, 0.3) is 0 Å². The lowest BCUT2D eigenvalue weighted by Crippen LogP contribution is -2.08. The summed E-state index contributed by atoms with van der Waals surface area (Å²) in [5.74, 6) is 0. The fourth-order valence-corrected chi connectivity index (χ4v) is 1.28. The number of allylic oxidation sites excluding steroid dienone is 1. The fraction of sp³-hybridized carbons (Fsp3) is 0.500. The number of hydrogen-bond donors (Lipinski definition) is 1. The Kier molecular flexibility index (Phi) is 3.71. The maximum absolute atomic E-state index is 5.96. The summed E-state index contributed by atoms with van der Waals surface area (Å²) in [6.45, 7) is 3.68. The quantitative estimate of drug-likeness (QED) is 0.553. The smallest absolute Gasteiger partial charge is 0.0537 e. The molecule has 0 fully saturated rings. The highest BCUT2D eigenvalue weighted by molar-refractivity contribution is 5.09. The van der Waals surface area contributed by atoms with E-state index in [4.69, 9.17) is 5.73 Å². The van der Waals surface area contributed by atoms with Crippen LogP contribution in [0, 0.1) is 0 Å². The van der Waals surface area contributed by atoms with Gasteiger partial charge >= 0.3 is 0 Å². The summed E-state index contributed by atoms with van der Waals surface area (Å²) in [6, 6.07) is 0.119. The van der Waals surface area contributed by atoms with E-state index in [-0.39, 0.29) is 6.04 Å². The van der Waals surface area contributed by atoms with Crippen molar-refractivity contribution in [3.8, 4) is 0 Å². The Labute approximate surface area is 79.2 Å². The molecule has 0 saturated carbocycles. The molecular formula is C10H17N3. The zero-order chi connectivity index (χ0) is 9.68. The van der Waals surface area contributed by atoms with Crippen LogP contribution in [-0.2, 0) is 7.05 Å². The lowest BCUT2D eigenvalue weighted by molar-refractivity contribution is 0.616. The summed E-state index contributed by atoms with van der Waals surface area (Å²) < 4.78 is 1.78. The molecule has 0 saturated heterocycles. The molecule has 2 N–H and O–H groups in total. The molecule has 72 valence electrons. The van der Waals surface area contributed by atoms with Crippen LogP contribution in [0.25, 0.3) is 0 Å². The third-order valence-electron chi connectivity index (χ3n) is 2.08. The molecule has 0 aliphatic rings. The summed E-state index contributed by atoms with van der Waals surface area (Å²) in [5, 5.41) is 4.08. The third-order valence-corrected chi connectivity index (χ3v) is 2.08. The van der Waals surface area contributed by atoms with Gasteiger partial charge in [-0.3, -0.25) is 4.68 Å². The summed E-state index contributed by atoms with van der Waals surface area (Å²) in [6.07, 6.45) is 8.86. The summed E-state index contributed by atoms with van der Waals surface area (Å²) in [4.78, 5) is 0. The molecule has 3 nitrogen and oxygen atoms in total. The number of hydrogen-bond acceptors (Lipinski definition) is 2. The van der Waals surface area contributed by atoms with Gasteiger partial charge in [-0.1, -0.05) is 6.08 Å². The Morgan fingerprint density at radius 2 is 2.54 bits per heavy atom. The zero-order valence-corrected chi connectivity index (χ0v) is 8.11. The third kappa shape index (κ3) is 3.03. The highest BCUT2D eigenvalue weighted by Crippen LogP contribution is 2.15. The van der Waals surface area contributed by atoms with Crippen molar-refractivity contribution in [2.24, 2.45) is 12.8 Å². The van der Waals surface area contributed by atoms with Gasteiger partial charge in [-0.25, -0.2) is 0 Å². The lowest BCUT2D eigenvalue weighted by Gasteiger charge is -2.07. The first-order valence-electron chi connectivity index (χ1n) is 4.59. The monoisotopic (exact) mass is 179 g/mol. The minimum absolute atomic E-state index is 0.119. The molecule has 1 atom stereocenters. The number of unbranched alkanes of at least 4 members (excludes halogenated alkanes) is 1. The molecule has 13 heavy (non-hydrogen) atoms. The van der Waals surface area contributed by atoms with Crippen LogP contribution in [0.4, 0.5) is 0 Å². The van der Waals surface area contributed by atoms with Crippen LogP contribution in [0.2, 0.25) is 0 Å². The summed E-state index contributed by atoms with van der Waals surface area (Å²) in [7, 11) is 1.90. The normalized spacial score (nSPS) is 12.8. The lowest BCUT2D eigenvalue weighted by atomic mass is 10.1. The predicted octanol–water partition coefficient (Wildman–Crippen LogP) is 1.78. The Bertz CT molecular complexity index is 265. The van der Waals surface area contributed by atoms with Gasteiger partial charge in [0.1, 0.15) is 0 Å². The second kappa shape index (κ2) is 4.82. The van der Waals surface area contributed by atoms with Gasteiger partial charge < -0.3 is 5.73 Å². The van der Waals surface area contributed by atoms with Crippen LogP contribution >= 0.6 is 0 Å². The molecule has 0 aliphatic carbocycles. The van der Waals surface area contributed by atoms with Gasteiger partial charge in [0.05, 0.1) is 6.20 Å². The van der Waals surface area contributed by atoms with E-state index >= 15 is 0 Å². The van der Waals surface area contributed by atoms with Crippen LogP contribution in [0.1, 0.15) is 30.9 Å². The average molecular weight is 179 g/mol. The zero-order valence-electron chi connectivity index (χ0n) is 8.11. The van der Waals surface area contributed by atoms with E-state index in [9.17, 15) is 0 Å². The predicted molar refractivity (Wildman–Crippen MR) is 54.2 cm³/mol. The van der Waals surface area contributed by atoms with Crippen LogP contribution in [0.3, 0.4) is 0 Å². The number of rotatable bonds is 5. The molecule has 0 amide bonds. The van der Waals surface area contributed by atoms with E-state index in [0.717, 1.165) is 24.8 Å². The van der Waals surface area contributed by atoms with E-state index < -0.39 is 0 Å².